The van der Waals surface area contributed by atoms with Gasteiger partial charge in [0.1, 0.15) is 17.9 Å². The van der Waals surface area contributed by atoms with Crippen molar-refractivity contribution in [3.63, 3.8) is 0 Å². The number of ether oxygens (including phenoxy) is 1. The van der Waals surface area contributed by atoms with E-state index in [-0.39, 0.29) is 18.2 Å². The summed E-state index contributed by atoms with van der Waals surface area (Å²) >= 11 is 0. The Balaban J connectivity index is 1.62. The molecule has 2 heterocycles. The Morgan fingerprint density at radius 1 is 1.14 bits per heavy atom. The van der Waals surface area contributed by atoms with Gasteiger partial charge >= 0.3 is 5.63 Å². The lowest BCUT2D eigenvalue weighted by atomic mass is 10.0. The maximum Gasteiger partial charge on any atom is 0.340 e. The first-order chi connectivity index (χ1) is 17.1. The van der Waals surface area contributed by atoms with Gasteiger partial charge in [0.15, 0.2) is 0 Å². The summed E-state index contributed by atoms with van der Waals surface area (Å²) in [5.41, 5.74) is 2.74. The number of nitrogens with zero attached hydrogens (tertiary/aromatic N) is 3. The molecule has 9 nitrogen and oxygen atoms in total. The van der Waals surface area contributed by atoms with Crippen LogP contribution in [0.5, 0.6) is 5.75 Å². The molecular formula is C27H38N4O5. The van der Waals surface area contributed by atoms with E-state index in [1.165, 1.54) is 0 Å². The van der Waals surface area contributed by atoms with E-state index >= 15 is 0 Å². The highest BCUT2D eigenvalue weighted by Gasteiger charge is 2.25. The molecule has 9 heteroatoms. The fourth-order valence-corrected chi connectivity index (χ4v) is 4.23. The van der Waals surface area contributed by atoms with Crippen LogP contribution in [0.1, 0.15) is 23.6 Å². The van der Waals surface area contributed by atoms with Crippen LogP contribution in [0.2, 0.25) is 0 Å². The van der Waals surface area contributed by atoms with E-state index in [1.807, 2.05) is 56.8 Å². The Labute approximate surface area is 212 Å². The number of hydrogen-bond donors (Lipinski definition) is 1. The Bertz CT molecular complexity index is 1180. The number of hydrogen-bond acceptors (Lipinski definition) is 7. The van der Waals surface area contributed by atoms with Crippen molar-refractivity contribution in [1.29, 1.82) is 0 Å². The van der Waals surface area contributed by atoms with Crippen molar-refractivity contribution in [2.45, 2.75) is 27.2 Å². The van der Waals surface area contributed by atoms with Crippen LogP contribution in [0.4, 0.5) is 0 Å². The van der Waals surface area contributed by atoms with Gasteiger partial charge in [0, 0.05) is 50.2 Å². The van der Waals surface area contributed by atoms with Crippen LogP contribution in [0, 0.1) is 13.8 Å². The molecule has 196 valence electrons. The summed E-state index contributed by atoms with van der Waals surface area (Å²) in [7, 11) is 3.92. The van der Waals surface area contributed by atoms with Gasteiger partial charge in [-0.15, -0.1) is 0 Å². The number of carbonyl (C=O) groups is 2. The number of nitrogens with one attached hydrogen (secondary N) is 1. The Morgan fingerprint density at radius 2 is 1.83 bits per heavy atom. The second-order valence-corrected chi connectivity index (χ2v) is 9.79. The van der Waals surface area contributed by atoms with Gasteiger partial charge in [-0.25, -0.2) is 4.79 Å². The molecule has 3 rings (SSSR count). The van der Waals surface area contributed by atoms with Crippen molar-refractivity contribution in [3.8, 4) is 5.75 Å². The van der Waals surface area contributed by atoms with Crippen molar-refractivity contribution in [2.75, 3.05) is 66.5 Å². The van der Waals surface area contributed by atoms with E-state index in [4.69, 9.17) is 9.15 Å². The number of amides is 2. The molecule has 1 N–H and O–H groups in total. The molecule has 0 unspecified atom stereocenters. The number of rotatable bonds is 10. The standard InChI is InChI=1S/C27H38N4O5/c1-18(2)17-35-23-8-7-21-19(3)22(27(34)36-26(21)20(23)4)15-25(33)31-13-11-30(12-14-31)16-24(32)28-9-10-29(5)6/h7-8H,1,9-17H2,2-6H3,(H,28,32). The molecular weight excluding hydrogens is 460 g/mol. The minimum absolute atomic E-state index is 0.00972. The van der Waals surface area contributed by atoms with E-state index in [9.17, 15) is 14.4 Å². The summed E-state index contributed by atoms with van der Waals surface area (Å²) in [6.45, 7) is 13.8. The Morgan fingerprint density at radius 3 is 2.47 bits per heavy atom. The highest BCUT2D eigenvalue weighted by molar-refractivity contribution is 5.87. The van der Waals surface area contributed by atoms with Crippen molar-refractivity contribution >= 4 is 22.8 Å². The van der Waals surface area contributed by atoms with Crippen LogP contribution < -0.4 is 15.7 Å². The van der Waals surface area contributed by atoms with E-state index in [0.717, 1.165) is 28.6 Å². The minimum atomic E-state index is -0.499. The molecule has 1 aromatic heterocycles. The van der Waals surface area contributed by atoms with E-state index in [1.54, 1.807) is 4.90 Å². The smallest absolute Gasteiger partial charge is 0.340 e. The average Bonchev–Trinajstić information content (AvgIpc) is 2.81. The van der Waals surface area contributed by atoms with Crippen LogP contribution in [0.25, 0.3) is 11.0 Å². The molecule has 2 aromatic rings. The lowest BCUT2D eigenvalue weighted by Crippen LogP contribution is -2.51. The first-order valence-electron chi connectivity index (χ1n) is 12.3. The molecule has 0 atom stereocenters. The molecule has 0 saturated carbocycles. The third-order valence-corrected chi connectivity index (χ3v) is 6.43. The van der Waals surface area contributed by atoms with E-state index in [0.29, 0.717) is 62.8 Å². The number of carbonyl (C=O) groups excluding carboxylic acids is 2. The summed E-state index contributed by atoms with van der Waals surface area (Å²) in [5, 5.41) is 3.71. The monoisotopic (exact) mass is 498 g/mol. The molecule has 1 aliphatic heterocycles. The summed E-state index contributed by atoms with van der Waals surface area (Å²) in [4.78, 5) is 43.8. The van der Waals surface area contributed by atoms with Gasteiger partial charge < -0.3 is 24.3 Å². The lowest BCUT2D eigenvalue weighted by Gasteiger charge is -2.34. The number of fused-ring (bicyclic) bond motifs is 1. The SMILES string of the molecule is C=C(C)COc1ccc2c(C)c(CC(=O)N3CCN(CC(=O)NCCN(C)C)CC3)c(=O)oc2c1C. The number of piperazine rings is 1. The maximum absolute atomic E-state index is 13.0. The maximum atomic E-state index is 13.0. The van der Waals surface area contributed by atoms with Gasteiger partial charge in [0.05, 0.1) is 18.5 Å². The fourth-order valence-electron chi connectivity index (χ4n) is 4.23. The fraction of sp³-hybridized carbons (Fsp3) is 0.519. The minimum Gasteiger partial charge on any atom is -0.489 e. The highest BCUT2D eigenvalue weighted by Crippen LogP contribution is 2.30. The highest BCUT2D eigenvalue weighted by atomic mass is 16.5. The Hall–Kier alpha value is -3.17. The van der Waals surface area contributed by atoms with Gasteiger partial charge in [-0.1, -0.05) is 6.58 Å². The lowest BCUT2D eigenvalue weighted by molar-refractivity contribution is -0.132. The molecule has 0 aliphatic carbocycles. The summed E-state index contributed by atoms with van der Waals surface area (Å²) in [6.07, 6.45) is -0.0118. The average molecular weight is 499 g/mol. The van der Waals surface area contributed by atoms with Crippen LogP contribution in [-0.2, 0) is 16.0 Å². The quantitative estimate of drug-likeness (QED) is 0.394. The second kappa shape index (κ2) is 12.2. The van der Waals surface area contributed by atoms with Crippen molar-refractivity contribution in [1.82, 2.24) is 20.0 Å². The third-order valence-electron chi connectivity index (χ3n) is 6.43. The molecule has 1 aliphatic rings. The van der Waals surface area contributed by atoms with Crippen LogP contribution >= 0.6 is 0 Å². The van der Waals surface area contributed by atoms with Gasteiger partial charge in [0.2, 0.25) is 11.8 Å². The zero-order valence-corrected chi connectivity index (χ0v) is 22.1. The largest absolute Gasteiger partial charge is 0.489 e. The molecule has 0 bridgehead atoms. The summed E-state index contributed by atoms with van der Waals surface area (Å²) < 4.78 is 11.4. The molecule has 2 amide bonds. The van der Waals surface area contributed by atoms with Gasteiger partial charge in [-0.2, -0.15) is 0 Å². The molecule has 1 saturated heterocycles. The number of benzene rings is 1. The summed E-state index contributed by atoms with van der Waals surface area (Å²) in [5.74, 6) is 0.517. The van der Waals surface area contributed by atoms with Crippen LogP contribution in [-0.4, -0.2) is 93.0 Å². The van der Waals surface area contributed by atoms with Gasteiger partial charge in [-0.05, 0) is 58.1 Å². The van der Waals surface area contributed by atoms with Crippen molar-refractivity contribution < 1.29 is 18.7 Å². The zero-order chi connectivity index (χ0) is 26.4. The molecule has 0 spiro atoms. The molecule has 1 aromatic carbocycles. The predicted octanol–water partition coefficient (Wildman–Crippen LogP) is 1.73. The van der Waals surface area contributed by atoms with Gasteiger partial charge in [0.25, 0.3) is 0 Å². The molecule has 1 fully saturated rings. The zero-order valence-electron chi connectivity index (χ0n) is 22.1. The first kappa shape index (κ1) is 27.4. The molecule has 0 radical (unpaired) electrons. The van der Waals surface area contributed by atoms with E-state index < -0.39 is 5.63 Å². The van der Waals surface area contributed by atoms with Crippen LogP contribution in [0.3, 0.4) is 0 Å². The topological polar surface area (TPSA) is 95.3 Å². The number of aryl methyl sites for hydroxylation is 2. The van der Waals surface area contributed by atoms with Crippen molar-refractivity contribution in [3.05, 3.63) is 51.4 Å². The first-order valence-corrected chi connectivity index (χ1v) is 12.3. The van der Waals surface area contributed by atoms with Gasteiger partial charge in [-0.3, -0.25) is 14.5 Å². The third kappa shape index (κ3) is 6.95. The van der Waals surface area contributed by atoms with Crippen molar-refractivity contribution in [2.24, 2.45) is 0 Å². The molecule has 36 heavy (non-hydrogen) atoms. The normalized spacial score (nSPS) is 14.3. The Kier molecular flexibility index (Phi) is 9.28. The summed E-state index contributed by atoms with van der Waals surface area (Å²) in [6, 6.07) is 3.72. The van der Waals surface area contributed by atoms with E-state index in [2.05, 4.69) is 11.9 Å². The predicted molar refractivity (Wildman–Crippen MR) is 141 cm³/mol. The second-order valence-electron chi connectivity index (χ2n) is 9.79. The number of likely N-dealkylation sites (N-methyl/N-ethyl adjacent to an activating group) is 1. The van der Waals surface area contributed by atoms with Crippen LogP contribution in [0.15, 0.2) is 33.5 Å².